The van der Waals surface area contributed by atoms with Crippen LogP contribution in [0.4, 0.5) is 0 Å². The lowest BCUT2D eigenvalue weighted by atomic mass is 10.0. The average molecular weight is 263 g/mol. The second kappa shape index (κ2) is 6.98. The Morgan fingerprint density at radius 2 is 1.89 bits per heavy atom. The molecule has 0 N–H and O–H groups in total. The van der Waals surface area contributed by atoms with Gasteiger partial charge in [0.25, 0.3) is 0 Å². The normalized spacial score (nSPS) is 17.8. The van der Waals surface area contributed by atoms with Gasteiger partial charge in [0.2, 0.25) is 5.78 Å². The summed E-state index contributed by atoms with van der Waals surface area (Å²) >= 11 is 0. The van der Waals surface area contributed by atoms with E-state index in [-0.39, 0.29) is 0 Å². The van der Waals surface area contributed by atoms with Gasteiger partial charge >= 0.3 is 0 Å². The molecule has 1 saturated heterocycles. The Balaban J connectivity index is 2.09. The molecule has 1 aromatic rings. The summed E-state index contributed by atoms with van der Waals surface area (Å²) in [4.78, 5) is 12.6. The maximum absolute atomic E-state index is 12.6. The topological polar surface area (TPSA) is 17.1 Å². The standard InChI is InChI=1S/C16H23OS/c1-2-3-11-15(18-12-7-8-13-18)16(17)14-9-5-4-6-10-14/h4-6,9-10,15H,2-3,7-8,11-13H2,1H3/q+1. The van der Waals surface area contributed by atoms with Crippen LogP contribution in [0.25, 0.3) is 0 Å². The highest BCUT2D eigenvalue weighted by atomic mass is 32.2. The van der Waals surface area contributed by atoms with Crippen LogP contribution >= 0.6 is 0 Å². The number of rotatable bonds is 6. The van der Waals surface area contributed by atoms with Crippen LogP contribution in [-0.2, 0) is 10.9 Å². The van der Waals surface area contributed by atoms with Gasteiger partial charge in [0.15, 0.2) is 5.25 Å². The molecule has 0 radical (unpaired) electrons. The van der Waals surface area contributed by atoms with E-state index in [9.17, 15) is 4.79 Å². The Morgan fingerprint density at radius 1 is 1.22 bits per heavy atom. The fourth-order valence-corrected chi connectivity index (χ4v) is 5.45. The molecule has 0 aliphatic carbocycles. The average Bonchev–Trinajstić information content (AvgIpc) is 2.94. The van der Waals surface area contributed by atoms with Gasteiger partial charge in [-0.1, -0.05) is 43.7 Å². The van der Waals surface area contributed by atoms with Gasteiger partial charge in [-0.25, -0.2) is 0 Å². The predicted molar refractivity (Wildman–Crippen MR) is 80.4 cm³/mol. The highest BCUT2D eigenvalue weighted by Crippen LogP contribution is 2.25. The minimum Gasteiger partial charge on any atom is -0.288 e. The lowest BCUT2D eigenvalue weighted by molar-refractivity contribution is 0.0985. The molecule has 0 amide bonds. The highest BCUT2D eigenvalue weighted by Gasteiger charge is 2.38. The predicted octanol–water partition coefficient (Wildman–Crippen LogP) is 3.84. The summed E-state index contributed by atoms with van der Waals surface area (Å²) in [7, 11) is 0.353. The maximum Gasteiger partial charge on any atom is 0.214 e. The number of Topliss-reactive ketones (excluding diaryl/α,β-unsaturated/α-hetero) is 1. The fraction of sp³-hybridized carbons (Fsp3) is 0.562. The number of hydrogen-bond acceptors (Lipinski definition) is 1. The smallest absolute Gasteiger partial charge is 0.214 e. The van der Waals surface area contributed by atoms with Crippen LogP contribution in [0.2, 0.25) is 0 Å². The second-order valence-corrected chi connectivity index (χ2v) is 7.47. The Labute approximate surface area is 113 Å². The first-order chi connectivity index (χ1) is 8.83. The molecule has 1 fully saturated rings. The van der Waals surface area contributed by atoms with E-state index in [0.29, 0.717) is 21.9 Å². The van der Waals surface area contributed by atoms with Gasteiger partial charge in [0, 0.05) is 12.0 Å². The highest BCUT2D eigenvalue weighted by molar-refractivity contribution is 7.98. The molecule has 1 aromatic carbocycles. The number of hydrogen-bond donors (Lipinski definition) is 0. The van der Waals surface area contributed by atoms with E-state index in [0.717, 1.165) is 12.0 Å². The lowest BCUT2D eigenvalue weighted by Crippen LogP contribution is -2.32. The van der Waals surface area contributed by atoms with Gasteiger partial charge in [0.1, 0.15) is 11.5 Å². The zero-order valence-corrected chi connectivity index (χ0v) is 12.0. The first kappa shape index (κ1) is 13.7. The molecule has 1 aliphatic heterocycles. The van der Waals surface area contributed by atoms with Gasteiger partial charge in [-0.05, 0) is 30.2 Å². The summed E-state index contributed by atoms with van der Waals surface area (Å²) in [5.74, 6) is 2.97. The van der Waals surface area contributed by atoms with Crippen LogP contribution in [0.3, 0.4) is 0 Å². The Bertz CT molecular complexity index is 368. The van der Waals surface area contributed by atoms with Crippen molar-refractivity contribution < 1.29 is 4.79 Å². The summed E-state index contributed by atoms with van der Waals surface area (Å²) in [6.07, 6.45) is 6.12. The minimum atomic E-state index is 0.301. The van der Waals surface area contributed by atoms with Gasteiger partial charge in [0.05, 0.1) is 0 Å². The molecule has 18 heavy (non-hydrogen) atoms. The van der Waals surface area contributed by atoms with E-state index in [4.69, 9.17) is 0 Å². The van der Waals surface area contributed by atoms with Crippen molar-refractivity contribution in [3.63, 3.8) is 0 Å². The van der Waals surface area contributed by atoms with Crippen molar-refractivity contribution in [3.8, 4) is 0 Å². The first-order valence-electron chi connectivity index (χ1n) is 7.08. The van der Waals surface area contributed by atoms with Gasteiger partial charge in [-0.3, -0.25) is 4.79 Å². The third-order valence-electron chi connectivity index (χ3n) is 3.64. The summed E-state index contributed by atoms with van der Waals surface area (Å²) in [6.45, 7) is 2.21. The quantitative estimate of drug-likeness (QED) is 0.563. The maximum atomic E-state index is 12.6. The molecule has 0 saturated carbocycles. The Morgan fingerprint density at radius 3 is 2.50 bits per heavy atom. The Kier molecular flexibility index (Phi) is 5.30. The molecule has 2 heteroatoms. The summed E-state index contributed by atoms with van der Waals surface area (Å²) in [5, 5.41) is 0.301. The number of benzene rings is 1. The van der Waals surface area contributed by atoms with E-state index in [1.54, 1.807) is 0 Å². The van der Waals surface area contributed by atoms with Crippen molar-refractivity contribution in [2.75, 3.05) is 11.5 Å². The fourth-order valence-electron chi connectivity index (χ4n) is 2.59. The van der Waals surface area contributed by atoms with E-state index in [2.05, 4.69) is 6.92 Å². The van der Waals surface area contributed by atoms with Crippen molar-refractivity contribution in [3.05, 3.63) is 35.9 Å². The molecule has 0 bridgehead atoms. The van der Waals surface area contributed by atoms with Crippen molar-refractivity contribution in [1.29, 1.82) is 0 Å². The van der Waals surface area contributed by atoms with Crippen molar-refractivity contribution in [1.82, 2.24) is 0 Å². The van der Waals surface area contributed by atoms with Crippen molar-refractivity contribution in [2.45, 2.75) is 44.3 Å². The monoisotopic (exact) mass is 263 g/mol. The molecule has 2 rings (SSSR count). The van der Waals surface area contributed by atoms with Crippen LogP contribution in [-0.4, -0.2) is 22.5 Å². The Hall–Kier alpha value is -0.760. The molecular formula is C16H23OS+. The van der Waals surface area contributed by atoms with E-state index in [1.807, 2.05) is 30.3 Å². The van der Waals surface area contributed by atoms with E-state index < -0.39 is 0 Å². The van der Waals surface area contributed by atoms with Crippen LogP contribution in [0.5, 0.6) is 0 Å². The van der Waals surface area contributed by atoms with Crippen molar-refractivity contribution >= 4 is 16.7 Å². The van der Waals surface area contributed by atoms with Crippen molar-refractivity contribution in [2.24, 2.45) is 0 Å². The number of ketones is 1. The molecule has 1 aliphatic rings. The first-order valence-corrected chi connectivity index (χ1v) is 8.71. The van der Waals surface area contributed by atoms with Gasteiger partial charge in [-0.2, -0.15) is 0 Å². The molecular weight excluding hydrogens is 240 g/mol. The zero-order chi connectivity index (χ0) is 12.8. The molecule has 1 heterocycles. The number of unbranched alkanes of at least 4 members (excludes halogenated alkanes) is 1. The molecule has 98 valence electrons. The van der Waals surface area contributed by atoms with E-state index in [1.165, 1.54) is 37.2 Å². The molecule has 0 aromatic heterocycles. The van der Waals surface area contributed by atoms with Gasteiger partial charge in [-0.15, -0.1) is 0 Å². The summed E-state index contributed by atoms with van der Waals surface area (Å²) in [6, 6.07) is 9.88. The van der Waals surface area contributed by atoms with Crippen LogP contribution in [0.15, 0.2) is 30.3 Å². The number of carbonyl (C=O) groups excluding carboxylic acids is 1. The minimum absolute atomic E-state index is 0.301. The SMILES string of the molecule is CCCCC(C(=O)c1ccccc1)[S+]1CCCC1. The third-order valence-corrected chi connectivity index (χ3v) is 6.52. The van der Waals surface area contributed by atoms with Gasteiger partial charge < -0.3 is 0 Å². The van der Waals surface area contributed by atoms with E-state index >= 15 is 0 Å². The zero-order valence-electron chi connectivity index (χ0n) is 11.2. The van der Waals surface area contributed by atoms with Crippen LogP contribution in [0.1, 0.15) is 49.4 Å². The third kappa shape index (κ3) is 3.38. The molecule has 0 spiro atoms. The lowest BCUT2D eigenvalue weighted by Gasteiger charge is -2.14. The largest absolute Gasteiger partial charge is 0.288 e. The summed E-state index contributed by atoms with van der Waals surface area (Å²) in [5.41, 5.74) is 0.915. The molecule has 1 atom stereocenters. The van der Waals surface area contributed by atoms with Crippen LogP contribution < -0.4 is 0 Å². The van der Waals surface area contributed by atoms with Crippen LogP contribution in [0, 0.1) is 0 Å². The summed E-state index contributed by atoms with van der Waals surface area (Å²) < 4.78 is 0. The molecule has 1 nitrogen and oxygen atoms in total. The number of carbonyl (C=O) groups is 1. The second-order valence-electron chi connectivity index (χ2n) is 5.01. The molecule has 1 unspecified atom stereocenters.